The molecule has 0 fully saturated rings. The molecule has 0 aliphatic heterocycles. The van der Waals surface area contributed by atoms with Crippen LogP contribution in [0.5, 0.6) is 0 Å². The van der Waals surface area contributed by atoms with Crippen molar-refractivity contribution in [2.75, 3.05) is 51.5 Å². The third kappa shape index (κ3) is 6.61. The van der Waals surface area contributed by atoms with Gasteiger partial charge in [-0.15, -0.1) is 0 Å². The molecule has 1 aromatic heterocycles. The summed E-state index contributed by atoms with van der Waals surface area (Å²) in [5, 5.41) is 3.76. The maximum absolute atomic E-state index is 6.16. The number of nitrogens with one attached hydrogen (secondary N) is 1. The molecule has 0 aliphatic carbocycles. The molecule has 0 unspecified atom stereocenters. The molecule has 1 aromatic rings. The lowest BCUT2D eigenvalue weighted by atomic mass is 10.3. The van der Waals surface area contributed by atoms with E-state index in [-0.39, 0.29) is 0 Å². The Bertz CT molecular complexity index is 395. The van der Waals surface area contributed by atoms with Gasteiger partial charge in [-0.05, 0) is 33.0 Å². The molecule has 1 rings (SSSR count). The number of hydrogen-bond donors (Lipinski definition) is 1. The van der Waals surface area contributed by atoms with Gasteiger partial charge >= 0.3 is 0 Å². The molecule has 0 saturated heterocycles. The van der Waals surface area contributed by atoms with Crippen LogP contribution in [-0.4, -0.2) is 51.5 Å². The number of ether oxygens (including phenoxy) is 2. The Balaban J connectivity index is 2.76. The Hall–Kier alpha value is -0.880. The molecule has 0 aliphatic rings. The number of hydrogen-bond acceptors (Lipinski definition) is 5. The molecule has 0 radical (unpaired) electrons. The van der Waals surface area contributed by atoms with Crippen molar-refractivity contribution in [1.82, 2.24) is 10.3 Å². The summed E-state index contributed by atoms with van der Waals surface area (Å²) in [4.78, 5) is 6.81. The highest BCUT2D eigenvalue weighted by Gasteiger charge is 2.10. The second kappa shape index (κ2) is 10.8. The molecule has 0 aromatic carbocycles. The van der Waals surface area contributed by atoms with Gasteiger partial charge in [-0.1, -0.05) is 11.6 Å². The van der Waals surface area contributed by atoms with E-state index in [0.717, 1.165) is 37.8 Å². The average molecular weight is 316 g/mol. The Kier molecular flexibility index (Phi) is 9.34. The zero-order valence-corrected chi connectivity index (χ0v) is 13.9. The Morgan fingerprint density at radius 2 is 1.76 bits per heavy atom. The maximum atomic E-state index is 6.16. The first-order valence-electron chi connectivity index (χ1n) is 7.43. The lowest BCUT2D eigenvalue weighted by Crippen LogP contribution is -2.32. The van der Waals surface area contributed by atoms with Gasteiger partial charge in [0.1, 0.15) is 5.82 Å². The van der Waals surface area contributed by atoms with E-state index in [0.29, 0.717) is 24.8 Å². The molecular weight excluding hydrogens is 290 g/mol. The van der Waals surface area contributed by atoms with Crippen LogP contribution >= 0.6 is 11.6 Å². The van der Waals surface area contributed by atoms with E-state index in [1.807, 2.05) is 33.0 Å². The molecule has 5 nitrogen and oxygen atoms in total. The van der Waals surface area contributed by atoms with Crippen molar-refractivity contribution >= 4 is 17.4 Å². The summed E-state index contributed by atoms with van der Waals surface area (Å²) >= 11 is 6.16. The van der Waals surface area contributed by atoms with E-state index in [1.165, 1.54) is 0 Å². The quantitative estimate of drug-likeness (QED) is 0.635. The van der Waals surface area contributed by atoms with Crippen molar-refractivity contribution in [2.45, 2.75) is 20.4 Å². The van der Waals surface area contributed by atoms with Gasteiger partial charge < -0.3 is 19.7 Å². The molecule has 0 spiro atoms. The first-order valence-corrected chi connectivity index (χ1v) is 7.81. The van der Waals surface area contributed by atoms with Crippen molar-refractivity contribution < 1.29 is 9.47 Å². The van der Waals surface area contributed by atoms with E-state index in [1.54, 1.807) is 0 Å². The van der Waals surface area contributed by atoms with Crippen LogP contribution in [0.1, 0.15) is 19.5 Å². The van der Waals surface area contributed by atoms with E-state index < -0.39 is 0 Å². The van der Waals surface area contributed by atoms with Crippen LogP contribution in [-0.2, 0) is 16.0 Å². The smallest absolute Gasteiger partial charge is 0.129 e. The van der Waals surface area contributed by atoms with Crippen LogP contribution in [0.3, 0.4) is 0 Å². The van der Waals surface area contributed by atoms with Crippen LogP contribution in [0.2, 0.25) is 5.02 Å². The minimum atomic E-state index is 0.650. The predicted octanol–water partition coefficient (Wildman–Crippen LogP) is 2.33. The number of anilines is 1. The van der Waals surface area contributed by atoms with E-state index in [9.17, 15) is 0 Å². The highest BCUT2D eigenvalue weighted by Crippen LogP contribution is 2.19. The van der Waals surface area contributed by atoms with Gasteiger partial charge in [0.15, 0.2) is 0 Å². The maximum Gasteiger partial charge on any atom is 0.129 e. The van der Waals surface area contributed by atoms with Crippen LogP contribution in [0.25, 0.3) is 0 Å². The van der Waals surface area contributed by atoms with Gasteiger partial charge in [-0.25, -0.2) is 4.98 Å². The van der Waals surface area contributed by atoms with Crippen molar-refractivity contribution in [3.63, 3.8) is 0 Å². The highest BCUT2D eigenvalue weighted by atomic mass is 35.5. The van der Waals surface area contributed by atoms with Crippen molar-refractivity contribution in [3.8, 4) is 0 Å². The fraction of sp³-hybridized carbons (Fsp3) is 0.667. The van der Waals surface area contributed by atoms with Crippen molar-refractivity contribution in [3.05, 3.63) is 22.8 Å². The van der Waals surface area contributed by atoms with Crippen LogP contribution in [0, 0.1) is 0 Å². The van der Waals surface area contributed by atoms with Gasteiger partial charge in [0.05, 0.1) is 23.9 Å². The van der Waals surface area contributed by atoms with Gasteiger partial charge in [0, 0.05) is 32.8 Å². The first-order chi connectivity index (χ1) is 10.2. The molecule has 0 bridgehead atoms. The first kappa shape index (κ1) is 18.2. The lowest BCUT2D eigenvalue weighted by molar-refractivity contribution is 0.141. The largest absolute Gasteiger partial charge is 0.380 e. The van der Waals surface area contributed by atoms with Gasteiger partial charge in [-0.3, -0.25) is 0 Å². The zero-order valence-electron chi connectivity index (χ0n) is 13.2. The summed E-state index contributed by atoms with van der Waals surface area (Å²) in [7, 11) is 1.88. The second-order valence-corrected chi connectivity index (χ2v) is 4.92. The molecule has 21 heavy (non-hydrogen) atoms. The van der Waals surface area contributed by atoms with Crippen molar-refractivity contribution in [1.29, 1.82) is 0 Å². The fourth-order valence-corrected chi connectivity index (χ4v) is 2.09. The summed E-state index contributed by atoms with van der Waals surface area (Å²) in [6.45, 7) is 9.01. The van der Waals surface area contributed by atoms with Gasteiger partial charge in [-0.2, -0.15) is 0 Å². The molecule has 1 N–H and O–H groups in total. The summed E-state index contributed by atoms with van der Waals surface area (Å²) < 4.78 is 10.9. The van der Waals surface area contributed by atoms with Crippen LogP contribution in [0.4, 0.5) is 5.82 Å². The number of nitrogens with zero attached hydrogens (tertiary/aromatic N) is 2. The number of pyridine rings is 1. The third-order valence-electron chi connectivity index (χ3n) is 2.99. The third-order valence-corrected chi connectivity index (χ3v) is 3.34. The minimum absolute atomic E-state index is 0.650. The molecule has 0 saturated carbocycles. The lowest BCUT2D eigenvalue weighted by Gasteiger charge is -2.24. The van der Waals surface area contributed by atoms with Gasteiger partial charge in [0.25, 0.3) is 0 Å². The summed E-state index contributed by atoms with van der Waals surface area (Å²) in [5.41, 5.74) is 0.856. The minimum Gasteiger partial charge on any atom is -0.380 e. The topological polar surface area (TPSA) is 46.6 Å². The molecule has 1 heterocycles. The van der Waals surface area contributed by atoms with Crippen LogP contribution in [0.15, 0.2) is 12.1 Å². The zero-order chi connectivity index (χ0) is 15.5. The Morgan fingerprint density at radius 1 is 1.14 bits per heavy atom. The molecule has 0 atom stereocenters. The standard InChI is InChI=1S/C15H26ClN3O2/c1-4-20-10-8-19(9-11-21-5-2)15-7-6-13(16)14(18-15)12-17-3/h6-7,17H,4-5,8-12H2,1-3H3. The number of rotatable bonds is 11. The predicted molar refractivity (Wildman–Crippen MR) is 87.2 cm³/mol. The second-order valence-electron chi connectivity index (χ2n) is 4.51. The SMILES string of the molecule is CCOCCN(CCOCC)c1ccc(Cl)c(CNC)n1. The van der Waals surface area contributed by atoms with Gasteiger partial charge in [0.2, 0.25) is 0 Å². The Labute approximate surface area is 132 Å². The normalized spacial score (nSPS) is 10.9. The number of aromatic nitrogens is 1. The average Bonchev–Trinajstić information content (AvgIpc) is 2.49. The summed E-state index contributed by atoms with van der Waals surface area (Å²) in [6, 6.07) is 3.84. The molecular formula is C15H26ClN3O2. The molecule has 6 heteroatoms. The Morgan fingerprint density at radius 3 is 2.29 bits per heavy atom. The highest BCUT2D eigenvalue weighted by molar-refractivity contribution is 6.31. The summed E-state index contributed by atoms with van der Waals surface area (Å²) in [6.07, 6.45) is 0. The summed E-state index contributed by atoms with van der Waals surface area (Å²) in [5.74, 6) is 0.907. The number of halogens is 1. The van der Waals surface area contributed by atoms with Crippen LogP contribution < -0.4 is 10.2 Å². The fourth-order valence-electron chi connectivity index (χ4n) is 1.92. The van der Waals surface area contributed by atoms with E-state index in [2.05, 4.69) is 15.2 Å². The monoisotopic (exact) mass is 315 g/mol. The van der Waals surface area contributed by atoms with Crippen molar-refractivity contribution in [2.24, 2.45) is 0 Å². The molecule has 120 valence electrons. The van der Waals surface area contributed by atoms with E-state index in [4.69, 9.17) is 21.1 Å². The van der Waals surface area contributed by atoms with E-state index >= 15 is 0 Å². The molecule has 0 amide bonds.